The lowest BCUT2D eigenvalue weighted by Gasteiger charge is -2.27. The van der Waals surface area contributed by atoms with Gasteiger partial charge in [0.15, 0.2) is 0 Å². The Morgan fingerprint density at radius 1 is 1.33 bits per heavy atom. The predicted molar refractivity (Wildman–Crippen MR) is 61.7 cm³/mol. The van der Waals surface area contributed by atoms with E-state index in [-0.39, 0.29) is 14.8 Å². The van der Waals surface area contributed by atoms with Crippen LogP contribution in [0.25, 0.3) is 0 Å². The van der Waals surface area contributed by atoms with Crippen LogP contribution in [0, 0.1) is 0 Å². The van der Waals surface area contributed by atoms with E-state index < -0.39 is 0 Å². The molecule has 0 bridgehead atoms. The molecule has 0 atom stereocenters. The van der Waals surface area contributed by atoms with Crippen molar-refractivity contribution in [1.29, 1.82) is 0 Å². The summed E-state index contributed by atoms with van der Waals surface area (Å²) in [5.41, 5.74) is 0. The number of amides is 3. The van der Waals surface area contributed by atoms with Gasteiger partial charge in [-0.2, -0.15) is 0 Å². The number of nitrogens with one attached hydrogen (secondary N) is 2. The quantitative estimate of drug-likeness (QED) is 0.683. The summed E-state index contributed by atoms with van der Waals surface area (Å²) in [6.45, 7) is 6.48. The zero-order chi connectivity index (χ0) is 11.3. The zero-order valence-corrected chi connectivity index (χ0v) is 9.38. The van der Waals surface area contributed by atoms with Crippen LogP contribution in [0.4, 0.5) is 4.79 Å². The second-order valence-corrected chi connectivity index (χ2v) is 4.04. The molecule has 0 spiro atoms. The van der Waals surface area contributed by atoms with Crippen molar-refractivity contribution >= 4 is 11.9 Å². The Labute approximate surface area is 93.2 Å². The van der Waals surface area contributed by atoms with Gasteiger partial charge in [-0.25, -0.2) is 4.79 Å². The number of rotatable bonds is 1. The summed E-state index contributed by atoms with van der Waals surface area (Å²) >= 11 is 0. The lowest BCUT2D eigenvalue weighted by molar-refractivity contribution is -0.120. The van der Waals surface area contributed by atoms with Gasteiger partial charge >= 0.3 is 6.03 Å². The first-order valence-corrected chi connectivity index (χ1v) is 5.41. The average molecular weight is 217 g/mol. The molecular weight excluding hydrogens is 194 g/mol. The van der Waals surface area contributed by atoms with E-state index in [0.29, 0.717) is 19.0 Å². The summed E-state index contributed by atoms with van der Waals surface area (Å²) in [7, 11) is 0. The number of nitrogens with zero attached hydrogens (tertiary/aromatic N) is 1. The molecule has 5 heteroatoms. The Morgan fingerprint density at radius 2 is 2.07 bits per heavy atom. The summed E-state index contributed by atoms with van der Waals surface area (Å²) in [6.07, 6.45) is 1.30. The second-order valence-electron chi connectivity index (χ2n) is 4.04. The summed E-state index contributed by atoms with van der Waals surface area (Å²) in [5.74, 6) is -0.208. The number of hydrogen-bond donors (Lipinski definition) is 2. The summed E-state index contributed by atoms with van der Waals surface area (Å²) < 4.78 is 0. The predicted octanol–water partition coefficient (Wildman–Crippen LogP) is 0.808. The van der Waals surface area contributed by atoms with Crippen molar-refractivity contribution in [3.8, 4) is 0 Å². The molecule has 90 valence electrons. The Bertz CT molecular complexity index is 250. The third-order valence-electron chi connectivity index (χ3n) is 2.52. The summed E-state index contributed by atoms with van der Waals surface area (Å²) in [5, 5.41) is 4.94. The van der Waals surface area contributed by atoms with E-state index in [4.69, 9.17) is 0 Å². The maximum absolute atomic E-state index is 11.3. The van der Waals surface area contributed by atoms with Crippen LogP contribution in [0.5, 0.6) is 0 Å². The Hall–Kier alpha value is -1.10. The number of hydrogen-bond acceptors (Lipinski definition) is 3. The van der Waals surface area contributed by atoms with Crippen LogP contribution in [0.3, 0.4) is 0 Å². The molecule has 1 heterocycles. The van der Waals surface area contributed by atoms with E-state index in [9.17, 15) is 9.59 Å². The molecule has 0 saturated carbocycles. The van der Waals surface area contributed by atoms with Crippen molar-refractivity contribution in [2.75, 3.05) is 19.6 Å². The van der Waals surface area contributed by atoms with Gasteiger partial charge in [0.2, 0.25) is 5.91 Å². The van der Waals surface area contributed by atoms with Crippen molar-refractivity contribution in [1.82, 2.24) is 15.5 Å². The maximum atomic E-state index is 11.3. The molecule has 5 nitrogen and oxygen atoms in total. The first-order valence-electron chi connectivity index (χ1n) is 5.41. The van der Waals surface area contributed by atoms with Gasteiger partial charge in [-0.3, -0.25) is 10.1 Å². The van der Waals surface area contributed by atoms with Crippen molar-refractivity contribution < 1.29 is 12.4 Å². The molecule has 0 aliphatic carbocycles. The van der Waals surface area contributed by atoms with Crippen LogP contribution >= 0.6 is 0 Å². The number of imide groups is 1. The van der Waals surface area contributed by atoms with E-state index in [1.165, 1.54) is 0 Å². The topological polar surface area (TPSA) is 61.4 Å². The van der Waals surface area contributed by atoms with E-state index in [1.54, 1.807) is 0 Å². The van der Waals surface area contributed by atoms with Gasteiger partial charge in [0.1, 0.15) is 0 Å². The highest BCUT2D eigenvalue weighted by Gasteiger charge is 2.14. The normalized spacial score (nSPS) is 21.0. The monoisotopic (exact) mass is 217 g/mol. The van der Waals surface area contributed by atoms with Crippen molar-refractivity contribution in [3.05, 3.63) is 0 Å². The minimum Gasteiger partial charge on any atom is -0.338 e. The number of urea groups is 1. The number of carbonyl (C=O) groups excluding carboxylic acids is 2. The Kier molecular flexibility index (Phi) is 4.55. The minimum atomic E-state index is -0.377. The fourth-order valence-corrected chi connectivity index (χ4v) is 1.59. The third-order valence-corrected chi connectivity index (χ3v) is 2.52. The SMILES string of the molecule is CC(C)N1CCCNC(=O)NC(=O)CC1.[HH].[HH]. The van der Waals surface area contributed by atoms with Gasteiger partial charge in [-0.15, -0.1) is 0 Å². The zero-order valence-electron chi connectivity index (χ0n) is 9.38. The first-order chi connectivity index (χ1) is 7.09. The van der Waals surface area contributed by atoms with Crippen LogP contribution in [0.2, 0.25) is 0 Å². The molecule has 1 fully saturated rings. The van der Waals surface area contributed by atoms with E-state index in [0.717, 1.165) is 19.5 Å². The highest BCUT2D eigenvalue weighted by Crippen LogP contribution is 2.01. The molecule has 1 aliphatic heterocycles. The van der Waals surface area contributed by atoms with Crippen molar-refractivity contribution in [3.63, 3.8) is 0 Å². The molecule has 2 N–H and O–H groups in total. The lowest BCUT2D eigenvalue weighted by atomic mass is 10.2. The largest absolute Gasteiger partial charge is 0.338 e. The molecule has 1 aliphatic rings. The van der Waals surface area contributed by atoms with Gasteiger partial charge < -0.3 is 10.2 Å². The van der Waals surface area contributed by atoms with E-state index in [2.05, 4.69) is 29.4 Å². The molecule has 0 radical (unpaired) electrons. The van der Waals surface area contributed by atoms with Crippen LogP contribution in [-0.4, -0.2) is 42.5 Å². The van der Waals surface area contributed by atoms with E-state index in [1.807, 2.05) is 0 Å². The fourth-order valence-electron chi connectivity index (χ4n) is 1.59. The third kappa shape index (κ3) is 4.29. The summed E-state index contributed by atoms with van der Waals surface area (Å²) in [4.78, 5) is 24.6. The van der Waals surface area contributed by atoms with Gasteiger partial charge in [0.25, 0.3) is 0 Å². The average Bonchev–Trinajstić information content (AvgIpc) is 2.15. The molecule has 0 unspecified atom stereocenters. The highest BCUT2D eigenvalue weighted by atomic mass is 16.2. The molecule has 0 aromatic rings. The number of carbonyl (C=O) groups is 2. The molecule has 0 aromatic carbocycles. The standard InChI is InChI=1S/C10H19N3O2.2H2/c1-8(2)13-6-3-5-11-10(15)12-9(14)4-7-13;;/h8H,3-7H2,1-2H3,(H2,11,12,14,15);2*1H. The van der Waals surface area contributed by atoms with Crippen molar-refractivity contribution in [2.45, 2.75) is 32.7 Å². The fraction of sp³-hybridized carbons (Fsp3) is 0.800. The van der Waals surface area contributed by atoms with Gasteiger partial charge in [0.05, 0.1) is 0 Å². The molecule has 1 saturated heterocycles. The maximum Gasteiger partial charge on any atom is 0.321 e. The van der Waals surface area contributed by atoms with Gasteiger partial charge in [-0.05, 0) is 20.3 Å². The van der Waals surface area contributed by atoms with Crippen LogP contribution in [-0.2, 0) is 4.79 Å². The molecule has 0 aromatic heterocycles. The smallest absolute Gasteiger partial charge is 0.321 e. The van der Waals surface area contributed by atoms with Crippen LogP contribution < -0.4 is 10.6 Å². The van der Waals surface area contributed by atoms with Crippen LogP contribution in [0.15, 0.2) is 0 Å². The first kappa shape index (κ1) is 12.0. The van der Waals surface area contributed by atoms with Crippen molar-refractivity contribution in [2.24, 2.45) is 0 Å². The highest BCUT2D eigenvalue weighted by molar-refractivity contribution is 5.94. The molecular formula is C10H23N3O2. The summed E-state index contributed by atoms with van der Waals surface area (Å²) in [6, 6.07) is 0.0610. The minimum absolute atomic E-state index is 0. The Morgan fingerprint density at radius 3 is 2.73 bits per heavy atom. The van der Waals surface area contributed by atoms with Gasteiger partial charge in [-0.1, -0.05) is 0 Å². The lowest BCUT2D eigenvalue weighted by Crippen LogP contribution is -2.44. The Balaban J connectivity index is 0. The van der Waals surface area contributed by atoms with Gasteiger partial charge in [0, 0.05) is 35.0 Å². The molecule has 15 heavy (non-hydrogen) atoms. The van der Waals surface area contributed by atoms with Crippen LogP contribution in [0.1, 0.15) is 29.5 Å². The van der Waals surface area contributed by atoms with E-state index >= 15 is 0 Å². The second kappa shape index (κ2) is 5.70. The molecule has 1 rings (SSSR count). The molecule has 3 amide bonds.